The molecular formula is C10H20N2O3. The summed E-state index contributed by atoms with van der Waals surface area (Å²) in [6.07, 6.45) is 0.302. The van der Waals surface area contributed by atoms with Crippen LogP contribution in [0.2, 0.25) is 0 Å². The molecule has 0 aromatic heterocycles. The van der Waals surface area contributed by atoms with E-state index in [1.54, 1.807) is 0 Å². The zero-order valence-corrected chi connectivity index (χ0v) is 9.63. The fourth-order valence-corrected chi connectivity index (χ4v) is 0.955. The SMILES string of the molecule is CCOCC(=O)NCCC(=O)NC(C)C. The Bertz CT molecular complexity index is 205. The quantitative estimate of drug-likeness (QED) is 0.632. The van der Waals surface area contributed by atoms with Gasteiger partial charge in [-0.3, -0.25) is 9.59 Å². The van der Waals surface area contributed by atoms with Gasteiger partial charge in [0.1, 0.15) is 6.61 Å². The predicted octanol–water partition coefficient (Wildman–Crippen LogP) is 0.0538. The fraction of sp³-hybridized carbons (Fsp3) is 0.800. The third-order valence-corrected chi connectivity index (χ3v) is 1.56. The van der Waals surface area contributed by atoms with Gasteiger partial charge in [0.2, 0.25) is 11.8 Å². The summed E-state index contributed by atoms with van der Waals surface area (Å²) in [7, 11) is 0. The van der Waals surface area contributed by atoms with Crippen molar-refractivity contribution < 1.29 is 14.3 Å². The van der Waals surface area contributed by atoms with Crippen molar-refractivity contribution in [3.05, 3.63) is 0 Å². The van der Waals surface area contributed by atoms with E-state index in [1.807, 2.05) is 20.8 Å². The zero-order valence-electron chi connectivity index (χ0n) is 9.63. The number of hydrogen-bond acceptors (Lipinski definition) is 3. The lowest BCUT2D eigenvalue weighted by Gasteiger charge is -2.08. The number of ether oxygens (including phenoxy) is 1. The van der Waals surface area contributed by atoms with Crippen LogP contribution in [0.1, 0.15) is 27.2 Å². The molecule has 0 saturated heterocycles. The Morgan fingerprint density at radius 1 is 1.27 bits per heavy atom. The van der Waals surface area contributed by atoms with Gasteiger partial charge in [-0.25, -0.2) is 0 Å². The van der Waals surface area contributed by atoms with Crippen LogP contribution in [-0.2, 0) is 14.3 Å². The molecule has 0 radical (unpaired) electrons. The number of hydrogen-bond donors (Lipinski definition) is 2. The van der Waals surface area contributed by atoms with Crippen molar-refractivity contribution in [3.8, 4) is 0 Å². The van der Waals surface area contributed by atoms with E-state index in [4.69, 9.17) is 4.74 Å². The maximum atomic E-state index is 11.2. The average molecular weight is 216 g/mol. The molecule has 0 aliphatic rings. The van der Waals surface area contributed by atoms with Gasteiger partial charge in [0.25, 0.3) is 0 Å². The maximum Gasteiger partial charge on any atom is 0.246 e. The normalized spacial score (nSPS) is 10.1. The van der Waals surface area contributed by atoms with Crippen LogP contribution < -0.4 is 10.6 Å². The molecule has 2 amide bonds. The summed E-state index contributed by atoms with van der Waals surface area (Å²) in [5.74, 6) is -0.240. The summed E-state index contributed by atoms with van der Waals surface area (Å²) >= 11 is 0. The van der Waals surface area contributed by atoms with Gasteiger partial charge in [-0.1, -0.05) is 0 Å². The Hall–Kier alpha value is -1.10. The molecule has 0 atom stereocenters. The molecule has 0 unspecified atom stereocenters. The first-order valence-corrected chi connectivity index (χ1v) is 5.20. The van der Waals surface area contributed by atoms with E-state index in [9.17, 15) is 9.59 Å². The second-order valence-electron chi connectivity index (χ2n) is 3.46. The Kier molecular flexibility index (Phi) is 7.62. The van der Waals surface area contributed by atoms with Gasteiger partial charge in [-0.15, -0.1) is 0 Å². The summed E-state index contributed by atoms with van der Waals surface area (Å²) in [5.41, 5.74) is 0. The molecule has 88 valence electrons. The molecule has 0 fully saturated rings. The Balaban J connectivity index is 3.44. The highest BCUT2D eigenvalue weighted by atomic mass is 16.5. The minimum absolute atomic E-state index is 0.0540. The second-order valence-corrected chi connectivity index (χ2v) is 3.46. The van der Waals surface area contributed by atoms with Crippen molar-refractivity contribution in [1.82, 2.24) is 10.6 Å². The smallest absolute Gasteiger partial charge is 0.246 e. The first kappa shape index (κ1) is 13.9. The lowest BCUT2D eigenvalue weighted by molar-refractivity contribution is -0.125. The molecule has 5 heteroatoms. The van der Waals surface area contributed by atoms with Crippen LogP contribution in [0.25, 0.3) is 0 Å². The minimum atomic E-state index is -0.186. The van der Waals surface area contributed by atoms with Gasteiger partial charge in [0, 0.05) is 25.6 Å². The van der Waals surface area contributed by atoms with Crippen molar-refractivity contribution in [3.63, 3.8) is 0 Å². The van der Waals surface area contributed by atoms with Gasteiger partial charge < -0.3 is 15.4 Å². The van der Waals surface area contributed by atoms with Gasteiger partial charge >= 0.3 is 0 Å². The molecular weight excluding hydrogens is 196 g/mol. The third-order valence-electron chi connectivity index (χ3n) is 1.56. The van der Waals surface area contributed by atoms with E-state index in [-0.39, 0.29) is 24.5 Å². The molecule has 0 saturated carbocycles. The summed E-state index contributed by atoms with van der Waals surface area (Å²) in [6.45, 7) is 6.54. The van der Waals surface area contributed by atoms with Crippen LogP contribution in [0.4, 0.5) is 0 Å². The topological polar surface area (TPSA) is 67.4 Å². The lowest BCUT2D eigenvalue weighted by atomic mass is 10.3. The number of carbonyl (C=O) groups is 2. The molecule has 0 heterocycles. The van der Waals surface area contributed by atoms with Crippen molar-refractivity contribution in [2.45, 2.75) is 33.2 Å². The minimum Gasteiger partial charge on any atom is -0.372 e. The van der Waals surface area contributed by atoms with E-state index in [2.05, 4.69) is 10.6 Å². The highest BCUT2D eigenvalue weighted by Gasteiger charge is 2.04. The van der Waals surface area contributed by atoms with Crippen LogP contribution in [0, 0.1) is 0 Å². The molecule has 0 aliphatic heterocycles. The molecule has 0 spiro atoms. The molecule has 0 aromatic rings. The highest BCUT2D eigenvalue weighted by molar-refractivity contribution is 5.79. The number of amides is 2. The van der Waals surface area contributed by atoms with Gasteiger partial charge in [0.15, 0.2) is 0 Å². The van der Waals surface area contributed by atoms with Crippen LogP contribution in [-0.4, -0.2) is 37.6 Å². The van der Waals surface area contributed by atoms with E-state index in [1.165, 1.54) is 0 Å². The monoisotopic (exact) mass is 216 g/mol. The molecule has 0 aromatic carbocycles. The third kappa shape index (κ3) is 9.21. The number of carbonyl (C=O) groups excluding carboxylic acids is 2. The molecule has 15 heavy (non-hydrogen) atoms. The predicted molar refractivity (Wildman–Crippen MR) is 57.4 cm³/mol. The fourth-order valence-electron chi connectivity index (χ4n) is 0.955. The van der Waals surface area contributed by atoms with E-state index < -0.39 is 0 Å². The van der Waals surface area contributed by atoms with Gasteiger partial charge in [0.05, 0.1) is 0 Å². The van der Waals surface area contributed by atoms with Crippen LogP contribution >= 0.6 is 0 Å². The van der Waals surface area contributed by atoms with Gasteiger partial charge in [-0.2, -0.15) is 0 Å². The standard InChI is InChI=1S/C10H20N2O3/c1-4-15-7-10(14)11-6-5-9(13)12-8(2)3/h8H,4-7H2,1-3H3,(H,11,14)(H,12,13). The summed E-state index contributed by atoms with van der Waals surface area (Å²) in [4.78, 5) is 22.2. The average Bonchev–Trinajstić information content (AvgIpc) is 2.13. The zero-order chi connectivity index (χ0) is 11.7. The molecule has 0 rings (SSSR count). The maximum absolute atomic E-state index is 11.2. The van der Waals surface area contributed by atoms with E-state index in [0.717, 1.165) is 0 Å². The second kappa shape index (κ2) is 8.23. The largest absolute Gasteiger partial charge is 0.372 e. The van der Waals surface area contributed by atoms with Crippen molar-refractivity contribution in [2.75, 3.05) is 19.8 Å². The van der Waals surface area contributed by atoms with Crippen molar-refractivity contribution in [1.29, 1.82) is 0 Å². The Morgan fingerprint density at radius 2 is 1.93 bits per heavy atom. The number of nitrogens with one attached hydrogen (secondary N) is 2. The van der Waals surface area contributed by atoms with E-state index >= 15 is 0 Å². The first-order valence-electron chi connectivity index (χ1n) is 5.20. The van der Waals surface area contributed by atoms with Crippen molar-refractivity contribution in [2.24, 2.45) is 0 Å². The highest BCUT2D eigenvalue weighted by Crippen LogP contribution is 1.82. The molecule has 0 bridgehead atoms. The summed E-state index contributed by atoms with van der Waals surface area (Å²) in [5, 5.41) is 5.34. The lowest BCUT2D eigenvalue weighted by Crippen LogP contribution is -2.35. The van der Waals surface area contributed by atoms with Crippen LogP contribution in [0.3, 0.4) is 0 Å². The first-order chi connectivity index (χ1) is 7.06. The van der Waals surface area contributed by atoms with E-state index in [0.29, 0.717) is 19.6 Å². The van der Waals surface area contributed by atoms with Crippen LogP contribution in [0.5, 0.6) is 0 Å². The molecule has 5 nitrogen and oxygen atoms in total. The van der Waals surface area contributed by atoms with Gasteiger partial charge in [-0.05, 0) is 20.8 Å². The Morgan fingerprint density at radius 3 is 2.47 bits per heavy atom. The molecule has 2 N–H and O–H groups in total. The number of rotatable bonds is 7. The summed E-state index contributed by atoms with van der Waals surface area (Å²) < 4.78 is 4.90. The molecule has 0 aliphatic carbocycles. The van der Waals surface area contributed by atoms with Crippen LogP contribution in [0.15, 0.2) is 0 Å². The van der Waals surface area contributed by atoms with Crippen molar-refractivity contribution >= 4 is 11.8 Å². The summed E-state index contributed by atoms with van der Waals surface area (Å²) in [6, 6.07) is 0.136. The Labute approximate surface area is 90.6 Å².